The molecule has 0 amide bonds. The van der Waals surface area contributed by atoms with Gasteiger partial charge in [-0.05, 0) is 69.8 Å². The Morgan fingerprint density at radius 3 is 1.71 bits per heavy atom. The van der Waals surface area contributed by atoms with Gasteiger partial charge in [-0.2, -0.15) is 0 Å². The van der Waals surface area contributed by atoms with E-state index in [4.69, 9.17) is 0 Å². The number of aromatic carboxylic acids is 1. The highest BCUT2D eigenvalue weighted by atomic mass is 16.4. The zero-order chi connectivity index (χ0) is 33.4. The first-order valence-corrected chi connectivity index (χ1v) is 13.3. The lowest BCUT2D eigenvalue weighted by atomic mass is 9.64. The van der Waals surface area contributed by atoms with E-state index in [-0.39, 0.29) is 34.0 Å². The smallest absolute Gasteiger partial charge is 0.336 e. The summed E-state index contributed by atoms with van der Waals surface area (Å²) in [5.74, 6) is -7.91. The number of carbonyl (C=O) groups is 6. The van der Waals surface area contributed by atoms with Crippen molar-refractivity contribution in [1.82, 2.24) is 0 Å². The van der Waals surface area contributed by atoms with Crippen LogP contribution in [0, 0.1) is 0 Å². The molecule has 14 nitrogen and oxygen atoms in total. The number of anilines is 2. The van der Waals surface area contributed by atoms with Crippen LogP contribution in [0.4, 0.5) is 11.4 Å². The van der Waals surface area contributed by atoms with Crippen molar-refractivity contribution in [3.8, 4) is 5.75 Å². The number of carbonyl (C=O) groups excluding carboxylic acids is 1. The number of aromatic hydroxyl groups is 1. The van der Waals surface area contributed by atoms with E-state index in [0.717, 1.165) is 15.9 Å². The van der Waals surface area contributed by atoms with Crippen LogP contribution < -0.4 is 9.80 Å². The van der Waals surface area contributed by atoms with Crippen molar-refractivity contribution in [2.24, 2.45) is 0 Å². The third kappa shape index (κ3) is 6.39. The van der Waals surface area contributed by atoms with E-state index >= 15 is 0 Å². The Bertz CT molecular complexity index is 1730. The average Bonchev–Trinajstić information content (AvgIpc) is 2.91. The Balaban J connectivity index is 2.19. The van der Waals surface area contributed by atoms with Gasteiger partial charge >= 0.3 is 29.8 Å². The summed E-state index contributed by atoms with van der Waals surface area (Å²) in [5.41, 5.74) is 0.136. The number of allylic oxidation sites excluding steroid dienone is 5. The molecule has 234 valence electrons. The van der Waals surface area contributed by atoms with E-state index in [9.17, 15) is 59.4 Å². The van der Waals surface area contributed by atoms with Crippen LogP contribution in [0.1, 0.15) is 40.9 Å². The summed E-state index contributed by atoms with van der Waals surface area (Å²) >= 11 is 0. The second kappa shape index (κ2) is 12.0. The highest BCUT2D eigenvalue weighted by Gasteiger charge is 2.40. The first-order chi connectivity index (χ1) is 21.0. The number of fused-ring (bicyclic) bond motifs is 2. The molecule has 2 aliphatic rings. The number of phenols is 1. The number of hydrogen-bond donors (Lipinski definition) is 6. The maximum atomic E-state index is 12.8. The first kappa shape index (κ1) is 32.0. The summed E-state index contributed by atoms with van der Waals surface area (Å²) in [7, 11) is 0. The number of carboxylic acid groups (broad SMARTS) is 5. The summed E-state index contributed by atoms with van der Waals surface area (Å²) in [6.45, 7) is -0.139. The van der Waals surface area contributed by atoms with Crippen LogP contribution in [-0.4, -0.2) is 92.4 Å². The van der Waals surface area contributed by atoms with Crippen molar-refractivity contribution in [1.29, 1.82) is 0 Å². The van der Waals surface area contributed by atoms with Crippen molar-refractivity contribution in [3.05, 3.63) is 82.0 Å². The van der Waals surface area contributed by atoms with Gasteiger partial charge in [0.2, 0.25) is 0 Å². The van der Waals surface area contributed by atoms with Gasteiger partial charge in [-0.15, -0.1) is 0 Å². The van der Waals surface area contributed by atoms with E-state index in [0.29, 0.717) is 22.3 Å². The van der Waals surface area contributed by atoms with Gasteiger partial charge in [-0.25, -0.2) is 4.79 Å². The van der Waals surface area contributed by atoms with Gasteiger partial charge in [0.1, 0.15) is 31.9 Å². The normalized spacial score (nSPS) is 14.6. The number of phenolic OH excluding ortho intramolecular Hbond substituents is 1. The molecule has 0 saturated heterocycles. The van der Waals surface area contributed by atoms with Crippen LogP contribution >= 0.6 is 0 Å². The highest BCUT2D eigenvalue weighted by Crippen LogP contribution is 2.51. The van der Waals surface area contributed by atoms with Gasteiger partial charge in [0.25, 0.3) is 0 Å². The summed E-state index contributed by atoms with van der Waals surface area (Å²) < 4.78 is 0. The fourth-order valence-corrected chi connectivity index (χ4v) is 5.68. The number of hydrogen-bond acceptors (Lipinski definition) is 9. The Morgan fingerprint density at radius 2 is 1.22 bits per heavy atom. The fourth-order valence-electron chi connectivity index (χ4n) is 5.68. The maximum Gasteiger partial charge on any atom is 0.336 e. The van der Waals surface area contributed by atoms with Crippen molar-refractivity contribution in [2.75, 3.05) is 36.0 Å². The van der Waals surface area contributed by atoms with Crippen molar-refractivity contribution >= 4 is 52.6 Å². The number of ketones is 1. The van der Waals surface area contributed by atoms with E-state index in [1.807, 2.05) is 13.8 Å². The molecule has 0 radical (unpaired) electrons. The topological polar surface area (TPSA) is 230 Å². The third-order valence-corrected chi connectivity index (χ3v) is 7.48. The Hall–Kier alpha value is -5.92. The lowest BCUT2D eigenvalue weighted by molar-refractivity contribution is -0.138. The second-order valence-corrected chi connectivity index (χ2v) is 10.9. The average molecular weight is 621 g/mol. The van der Waals surface area contributed by atoms with Crippen LogP contribution in [0.5, 0.6) is 5.75 Å². The van der Waals surface area contributed by atoms with E-state index in [2.05, 4.69) is 0 Å². The Morgan fingerprint density at radius 1 is 0.711 bits per heavy atom. The van der Waals surface area contributed by atoms with Crippen LogP contribution in [-0.2, 0) is 29.4 Å². The van der Waals surface area contributed by atoms with Crippen molar-refractivity contribution < 1.29 is 59.4 Å². The molecule has 0 aliphatic heterocycles. The van der Waals surface area contributed by atoms with Gasteiger partial charge in [-0.1, -0.05) is 26.0 Å². The minimum absolute atomic E-state index is 0.0602. The second-order valence-electron chi connectivity index (χ2n) is 10.9. The van der Waals surface area contributed by atoms with Crippen molar-refractivity contribution in [3.63, 3.8) is 0 Å². The number of nitrogens with zero attached hydrogens (tertiary/aromatic N) is 2. The van der Waals surface area contributed by atoms with Gasteiger partial charge in [0, 0.05) is 5.41 Å². The standard InChI is InChI=1S/C31H28N2O12/c1-31(2)21-7-15(34)3-5-17(21)29(18-6-4-16(35)8-22(18)31)19-9-23(32(11-25(36)37)12-26(38)39)24(10-20(19)30(44)45)33(13-27(40)41)14-28(42)43/h3-10,34H,11-14H2,1-2H3,(H,36,37)(H,38,39)(H,40,41)(H,42,43)(H,44,45). The van der Waals surface area contributed by atoms with Gasteiger partial charge < -0.3 is 40.4 Å². The predicted molar refractivity (Wildman–Crippen MR) is 158 cm³/mol. The minimum Gasteiger partial charge on any atom is -0.508 e. The zero-order valence-corrected chi connectivity index (χ0v) is 24.0. The largest absolute Gasteiger partial charge is 0.508 e. The van der Waals surface area contributed by atoms with Crippen LogP contribution in [0.2, 0.25) is 0 Å². The fraction of sp³-hybridized carbons (Fsp3) is 0.226. The third-order valence-electron chi connectivity index (χ3n) is 7.48. The Kier molecular flexibility index (Phi) is 8.53. The van der Waals surface area contributed by atoms with E-state index < -0.39 is 67.0 Å². The Labute approximate surface area is 255 Å². The molecule has 2 aromatic carbocycles. The molecule has 0 unspecified atom stereocenters. The molecule has 2 aliphatic carbocycles. The first-order valence-electron chi connectivity index (χ1n) is 13.3. The summed E-state index contributed by atoms with van der Waals surface area (Å²) in [5, 5.41) is 59.1. The molecular formula is C31H28N2O12. The molecule has 0 spiro atoms. The molecule has 6 N–H and O–H groups in total. The lowest BCUT2D eigenvalue weighted by Gasteiger charge is -2.39. The molecule has 45 heavy (non-hydrogen) atoms. The number of rotatable bonds is 12. The SMILES string of the molecule is CC1(C)C2=CC(=O)C=CC2=C(c2cc(N(CC(=O)O)CC(=O)O)c(N(CC(=O)O)CC(=O)O)cc2C(=O)O)c2ccc(O)cc21. The highest BCUT2D eigenvalue weighted by molar-refractivity contribution is 6.08. The predicted octanol–water partition coefficient (Wildman–Crippen LogP) is 2.20. The van der Waals surface area contributed by atoms with Gasteiger partial charge in [-0.3, -0.25) is 24.0 Å². The molecule has 2 aromatic rings. The molecule has 0 saturated carbocycles. The zero-order valence-electron chi connectivity index (χ0n) is 24.0. The molecule has 0 heterocycles. The van der Waals surface area contributed by atoms with Gasteiger partial charge in [0.05, 0.1) is 16.9 Å². The number of benzene rings is 2. The van der Waals surface area contributed by atoms with E-state index in [1.165, 1.54) is 36.4 Å². The summed E-state index contributed by atoms with van der Waals surface area (Å²) in [6, 6.07) is 6.54. The molecule has 14 heteroatoms. The van der Waals surface area contributed by atoms with E-state index in [1.54, 1.807) is 6.07 Å². The molecule has 0 atom stereocenters. The van der Waals surface area contributed by atoms with Crippen LogP contribution in [0.25, 0.3) is 5.57 Å². The summed E-state index contributed by atoms with van der Waals surface area (Å²) in [4.78, 5) is 74.1. The monoisotopic (exact) mass is 620 g/mol. The molecule has 0 bridgehead atoms. The number of aliphatic carboxylic acids is 4. The summed E-state index contributed by atoms with van der Waals surface area (Å²) in [6.07, 6.45) is 4.15. The van der Waals surface area contributed by atoms with Crippen molar-refractivity contribution in [2.45, 2.75) is 19.3 Å². The molecule has 4 rings (SSSR count). The number of carboxylic acids is 5. The quantitative estimate of drug-likeness (QED) is 0.200. The van der Waals surface area contributed by atoms with Gasteiger partial charge in [0.15, 0.2) is 5.78 Å². The lowest BCUT2D eigenvalue weighted by Crippen LogP contribution is -2.39. The molecule has 0 fully saturated rings. The molecular weight excluding hydrogens is 592 g/mol. The maximum absolute atomic E-state index is 12.8. The minimum atomic E-state index is -1.52. The van der Waals surface area contributed by atoms with Crippen LogP contribution in [0.15, 0.2) is 59.7 Å². The van der Waals surface area contributed by atoms with Crippen LogP contribution in [0.3, 0.4) is 0 Å². The molecule has 0 aromatic heterocycles.